The Morgan fingerprint density at radius 3 is 2.88 bits per heavy atom. The zero-order valence-electron chi connectivity index (χ0n) is 9.03. The molecule has 1 fully saturated rings. The molecule has 0 aromatic carbocycles. The molecular weight excluding hydrogens is 322 g/mol. The third-order valence-corrected chi connectivity index (χ3v) is 3.43. The van der Waals surface area contributed by atoms with Gasteiger partial charge in [0, 0.05) is 12.6 Å². The second-order valence-electron chi connectivity index (χ2n) is 3.86. The molecular formula is C10H14FIN4. The maximum absolute atomic E-state index is 13.7. The van der Waals surface area contributed by atoms with E-state index in [0.29, 0.717) is 6.54 Å². The molecule has 0 unspecified atom stereocenters. The predicted octanol–water partition coefficient (Wildman–Crippen LogP) is 1.22. The summed E-state index contributed by atoms with van der Waals surface area (Å²) in [5.74, 6) is 0.762. The molecule has 2 rings (SSSR count). The van der Waals surface area contributed by atoms with Crippen LogP contribution in [0.25, 0.3) is 0 Å². The Hall–Kier alpha value is -0.500. The summed E-state index contributed by atoms with van der Waals surface area (Å²) in [5.41, 5.74) is 0. The molecule has 0 amide bonds. The van der Waals surface area contributed by atoms with Crippen LogP contribution in [0.15, 0.2) is 12.1 Å². The van der Waals surface area contributed by atoms with E-state index in [1.807, 2.05) is 17.0 Å². The van der Waals surface area contributed by atoms with Crippen LogP contribution in [0.2, 0.25) is 0 Å². The molecule has 1 saturated heterocycles. The zero-order valence-corrected chi connectivity index (χ0v) is 11.2. The van der Waals surface area contributed by atoms with Gasteiger partial charge in [0.15, 0.2) is 5.82 Å². The van der Waals surface area contributed by atoms with Crippen LogP contribution < -0.4 is 10.2 Å². The number of aromatic nitrogens is 2. The van der Waals surface area contributed by atoms with Crippen molar-refractivity contribution in [1.82, 2.24) is 15.5 Å². The SMILES string of the molecule is CN[C@@H]1CCN(c2ccc(I)nn2)C[C@@H]1F. The average Bonchev–Trinajstić information content (AvgIpc) is 2.30. The van der Waals surface area contributed by atoms with Crippen LogP contribution in [-0.4, -0.2) is 42.5 Å². The first kappa shape index (κ1) is 12.0. The van der Waals surface area contributed by atoms with Gasteiger partial charge in [0.2, 0.25) is 0 Å². The van der Waals surface area contributed by atoms with Crippen molar-refractivity contribution in [1.29, 1.82) is 0 Å². The Morgan fingerprint density at radius 2 is 2.31 bits per heavy atom. The Kier molecular flexibility index (Phi) is 3.91. The van der Waals surface area contributed by atoms with Gasteiger partial charge in [-0.05, 0) is 48.2 Å². The number of hydrogen-bond acceptors (Lipinski definition) is 4. The lowest BCUT2D eigenvalue weighted by atomic mass is 10.0. The lowest BCUT2D eigenvalue weighted by Gasteiger charge is -2.34. The van der Waals surface area contributed by atoms with E-state index in [1.165, 1.54) is 0 Å². The van der Waals surface area contributed by atoms with Crippen LogP contribution in [0.5, 0.6) is 0 Å². The summed E-state index contributed by atoms with van der Waals surface area (Å²) < 4.78 is 14.6. The summed E-state index contributed by atoms with van der Waals surface area (Å²) in [6, 6.07) is 3.75. The smallest absolute Gasteiger partial charge is 0.151 e. The minimum absolute atomic E-state index is 0.0342. The molecule has 16 heavy (non-hydrogen) atoms. The number of anilines is 1. The third-order valence-electron chi connectivity index (χ3n) is 2.85. The number of nitrogens with zero attached hydrogens (tertiary/aromatic N) is 3. The van der Waals surface area contributed by atoms with Crippen LogP contribution >= 0.6 is 22.6 Å². The third kappa shape index (κ3) is 2.60. The maximum atomic E-state index is 13.7. The van der Waals surface area contributed by atoms with E-state index < -0.39 is 6.17 Å². The first-order valence-electron chi connectivity index (χ1n) is 5.26. The molecule has 0 saturated carbocycles. The Bertz CT molecular complexity index is 345. The highest BCUT2D eigenvalue weighted by Crippen LogP contribution is 2.19. The highest BCUT2D eigenvalue weighted by Gasteiger charge is 2.28. The summed E-state index contributed by atoms with van der Waals surface area (Å²) in [6.07, 6.45) is -0.0504. The van der Waals surface area contributed by atoms with Gasteiger partial charge in [-0.3, -0.25) is 0 Å². The van der Waals surface area contributed by atoms with Crippen molar-refractivity contribution in [3.63, 3.8) is 0 Å². The van der Waals surface area contributed by atoms with E-state index in [2.05, 4.69) is 38.1 Å². The van der Waals surface area contributed by atoms with Gasteiger partial charge in [-0.2, -0.15) is 0 Å². The molecule has 88 valence electrons. The molecule has 6 heteroatoms. The fourth-order valence-electron chi connectivity index (χ4n) is 1.92. The van der Waals surface area contributed by atoms with Crippen molar-refractivity contribution < 1.29 is 4.39 Å². The first-order valence-corrected chi connectivity index (χ1v) is 6.34. The highest BCUT2D eigenvalue weighted by atomic mass is 127. The van der Waals surface area contributed by atoms with E-state index in [9.17, 15) is 4.39 Å². The van der Waals surface area contributed by atoms with Gasteiger partial charge in [-0.25, -0.2) is 4.39 Å². The molecule has 1 aliphatic heterocycles. The van der Waals surface area contributed by atoms with Gasteiger partial charge in [0.1, 0.15) is 9.87 Å². The lowest BCUT2D eigenvalue weighted by molar-refractivity contribution is 0.227. The number of nitrogens with one attached hydrogen (secondary N) is 1. The number of halogens is 2. The molecule has 1 aliphatic rings. The van der Waals surface area contributed by atoms with E-state index in [-0.39, 0.29) is 6.04 Å². The lowest BCUT2D eigenvalue weighted by Crippen LogP contribution is -2.50. The van der Waals surface area contributed by atoms with Crippen molar-refractivity contribution in [3.05, 3.63) is 15.8 Å². The average molecular weight is 336 g/mol. The normalized spacial score (nSPS) is 25.8. The van der Waals surface area contributed by atoms with E-state index in [1.54, 1.807) is 7.05 Å². The summed E-state index contributed by atoms with van der Waals surface area (Å²) in [5, 5.41) is 11.0. The molecule has 1 aromatic rings. The number of alkyl halides is 1. The minimum atomic E-state index is -0.847. The predicted molar refractivity (Wildman–Crippen MR) is 69.3 cm³/mol. The van der Waals surface area contributed by atoms with Crippen LogP contribution in [0, 0.1) is 3.70 Å². The van der Waals surface area contributed by atoms with E-state index in [0.717, 1.165) is 22.5 Å². The fraction of sp³-hybridized carbons (Fsp3) is 0.600. The molecule has 2 atom stereocenters. The standard InChI is InChI=1S/C10H14FIN4/c1-13-8-4-5-16(6-7(8)11)10-3-2-9(12)14-15-10/h2-3,7-8,13H,4-6H2,1H3/t7-,8+/m0/s1. The van der Waals surface area contributed by atoms with Crippen molar-refractivity contribution in [2.45, 2.75) is 18.6 Å². The second kappa shape index (κ2) is 5.22. The second-order valence-corrected chi connectivity index (χ2v) is 4.97. The number of rotatable bonds is 2. The summed E-state index contributed by atoms with van der Waals surface area (Å²) in [6.45, 7) is 1.21. The van der Waals surface area contributed by atoms with Gasteiger partial charge >= 0.3 is 0 Å². The maximum Gasteiger partial charge on any atom is 0.151 e. The van der Waals surface area contributed by atoms with Crippen molar-refractivity contribution in [3.8, 4) is 0 Å². The van der Waals surface area contributed by atoms with Crippen molar-refractivity contribution in [2.75, 3.05) is 25.0 Å². The Morgan fingerprint density at radius 1 is 1.50 bits per heavy atom. The van der Waals surface area contributed by atoms with Gasteiger partial charge < -0.3 is 10.2 Å². The number of hydrogen-bond donors (Lipinski definition) is 1. The molecule has 1 aromatic heterocycles. The summed E-state index contributed by atoms with van der Waals surface area (Å²) >= 11 is 2.10. The molecule has 0 radical (unpaired) electrons. The molecule has 0 spiro atoms. The molecule has 0 bridgehead atoms. The topological polar surface area (TPSA) is 41.0 Å². The van der Waals surface area contributed by atoms with Crippen molar-refractivity contribution >= 4 is 28.4 Å². The Labute approximate surface area is 108 Å². The van der Waals surface area contributed by atoms with E-state index in [4.69, 9.17) is 0 Å². The first-order chi connectivity index (χ1) is 7.70. The van der Waals surface area contributed by atoms with Crippen LogP contribution in [0.4, 0.5) is 10.2 Å². The summed E-state index contributed by atoms with van der Waals surface area (Å²) in [4.78, 5) is 1.95. The Balaban J connectivity index is 2.04. The van der Waals surface area contributed by atoms with Crippen LogP contribution in [0.1, 0.15) is 6.42 Å². The van der Waals surface area contributed by atoms with Gasteiger partial charge in [-0.1, -0.05) is 0 Å². The van der Waals surface area contributed by atoms with Gasteiger partial charge in [0.05, 0.1) is 6.54 Å². The van der Waals surface area contributed by atoms with Crippen LogP contribution in [-0.2, 0) is 0 Å². The van der Waals surface area contributed by atoms with Crippen LogP contribution in [0.3, 0.4) is 0 Å². The van der Waals surface area contributed by atoms with Gasteiger partial charge in [-0.15, -0.1) is 10.2 Å². The number of piperidine rings is 1. The molecule has 4 nitrogen and oxygen atoms in total. The molecule has 2 heterocycles. The monoisotopic (exact) mass is 336 g/mol. The molecule has 0 aliphatic carbocycles. The van der Waals surface area contributed by atoms with Crippen molar-refractivity contribution in [2.24, 2.45) is 0 Å². The van der Waals surface area contributed by atoms with Gasteiger partial charge in [0.25, 0.3) is 0 Å². The fourth-order valence-corrected chi connectivity index (χ4v) is 2.20. The largest absolute Gasteiger partial charge is 0.352 e. The highest BCUT2D eigenvalue weighted by molar-refractivity contribution is 14.1. The van der Waals surface area contributed by atoms with E-state index >= 15 is 0 Å². The minimum Gasteiger partial charge on any atom is -0.352 e. The quantitative estimate of drug-likeness (QED) is 0.825. The molecule has 1 N–H and O–H groups in total. The summed E-state index contributed by atoms with van der Waals surface area (Å²) in [7, 11) is 1.80. The zero-order chi connectivity index (χ0) is 11.5.